The van der Waals surface area contributed by atoms with Gasteiger partial charge in [0, 0.05) is 0 Å². The van der Waals surface area contributed by atoms with Crippen LogP contribution in [0.2, 0.25) is 0 Å². The van der Waals surface area contributed by atoms with Crippen LogP contribution in [0, 0.1) is 12.0 Å². The monoisotopic (exact) mass is 102 g/mol. The highest BCUT2D eigenvalue weighted by atomic mass is 16.3. The molecular formula is C4H6O3. The van der Waals surface area contributed by atoms with Crippen LogP contribution < -0.4 is 0 Å². The number of rotatable bonds is 1. The molecule has 0 heterocycles. The first-order valence-corrected chi connectivity index (χ1v) is 1.74. The van der Waals surface area contributed by atoms with Crippen molar-refractivity contribution in [2.24, 2.45) is 0 Å². The second-order valence-electron chi connectivity index (χ2n) is 0.955. The summed E-state index contributed by atoms with van der Waals surface area (Å²) in [6.45, 7) is -0.437. The number of aliphatic hydroxyl groups excluding tert-OH is 3. The summed E-state index contributed by atoms with van der Waals surface area (Å²) in [7, 11) is 0. The standard InChI is InChI=1S/C4H6O3/c5-2-1-4(7)3-6/h4-7H,3H2. The Balaban J connectivity index is 3.29. The zero-order chi connectivity index (χ0) is 5.70. The molecule has 0 rings (SSSR count). The van der Waals surface area contributed by atoms with Gasteiger partial charge in [0.1, 0.15) is 12.2 Å². The Labute approximate surface area is 41.2 Å². The number of hydrogen-bond donors (Lipinski definition) is 3. The molecule has 3 N–H and O–H groups in total. The molecule has 1 unspecified atom stereocenters. The van der Waals surface area contributed by atoms with E-state index >= 15 is 0 Å². The Morgan fingerprint density at radius 3 is 2.29 bits per heavy atom. The molecule has 0 aromatic rings. The Kier molecular flexibility index (Phi) is 3.11. The van der Waals surface area contributed by atoms with Crippen LogP contribution in [0.5, 0.6) is 0 Å². The van der Waals surface area contributed by atoms with Gasteiger partial charge in [0.15, 0.2) is 0 Å². The predicted octanol–water partition coefficient (Wildman–Crippen LogP) is -1.33. The van der Waals surface area contributed by atoms with Gasteiger partial charge in [-0.2, -0.15) is 0 Å². The first kappa shape index (κ1) is 6.28. The zero-order valence-electron chi connectivity index (χ0n) is 3.63. The van der Waals surface area contributed by atoms with Gasteiger partial charge in [0.2, 0.25) is 0 Å². The third-order valence-corrected chi connectivity index (χ3v) is 0.404. The van der Waals surface area contributed by atoms with Crippen LogP contribution in [0.3, 0.4) is 0 Å². The molecule has 0 aromatic heterocycles. The molecule has 3 heteroatoms. The summed E-state index contributed by atoms with van der Waals surface area (Å²) >= 11 is 0. The lowest BCUT2D eigenvalue weighted by Gasteiger charge is -1.90. The van der Waals surface area contributed by atoms with E-state index in [2.05, 4.69) is 0 Å². The van der Waals surface area contributed by atoms with Crippen molar-refractivity contribution in [1.29, 1.82) is 0 Å². The molecular weight excluding hydrogens is 96.0 g/mol. The minimum atomic E-state index is -1.11. The largest absolute Gasteiger partial charge is 0.462 e. The Bertz CT molecular complexity index is 88.8. The van der Waals surface area contributed by atoms with Crippen molar-refractivity contribution in [1.82, 2.24) is 0 Å². The van der Waals surface area contributed by atoms with Gasteiger partial charge >= 0.3 is 0 Å². The maximum atomic E-state index is 8.27. The van der Waals surface area contributed by atoms with E-state index in [1.54, 1.807) is 0 Å². The van der Waals surface area contributed by atoms with Crippen molar-refractivity contribution in [3.05, 3.63) is 0 Å². The molecule has 0 aliphatic heterocycles. The molecule has 0 fully saturated rings. The molecule has 7 heavy (non-hydrogen) atoms. The second-order valence-corrected chi connectivity index (χ2v) is 0.955. The average Bonchev–Trinajstić information content (AvgIpc) is 1.68. The molecule has 0 aliphatic rings. The van der Waals surface area contributed by atoms with Gasteiger partial charge in [-0.05, 0) is 5.92 Å². The van der Waals surface area contributed by atoms with Crippen LogP contribution in [-0.4, -0.2) is 28.0 Å². The van der Waals surface area contributed by atoms with Crippen molar-refractivity contribution in [3.63, 3.8) is 0 Å². The average molecular weight is 102 g/mol. The third-order valence-electron chi connectivity index (χ3n) is 0.404. The normalized spacial score (nSPS) is 11.7. The van der Waals surface area contributed by atoms with Crippen molar-refractivity contribution in [2.75, 3.05) is 6.61 Å². The van der Waals surface area contributed by atoms with Crippen LogP contribution in [0.1, 0.15) is 0 Å². The van der Waals surface area contributed by atoms with E-state index in [9.17, 15) is 0 Å². The van der Waals surface area contributed by atoms with E-state index in [0.29, 0.717) is 0 Å². The van der Waals surface area contributed by atoms with Crippen molar-refractivity contribution < 1.29 is 15.3 Å². The smallest absolute Gasteiger partial charge is 0.141 e. The molecule has 0 spiro atoms. The molecule has 0 saturated heterocycles. The second kappa shape index (κ2) is 3.47. The van der Waals surface area contributed by atoms with Crippen LogP contribution in [-0.2, 0) is 0 Å². The van der Waals surface area contributed by atoms with E-state index in [-0.39, 0.29) is 0 Å². The van der Waals surface area contributed by atoms with Crippen molar-refractivity contribution >= 4 is 0 Å². The maximum Gasteiger partial charge on any atom is 0.141 e. The highest BCUT2D eigenvalue weighted by molar-refractivity contribution is 4.96. The topological polar surface area (TPSA) is 60.7 Å². The quantitative estimate of drug-likeness (QED) is 0.359. The fraction of sp³-hybridized carbons (Fsp3) is 0.500. The number of hydrogen-bond acceptors (Lipinski definition) is 3. The minimum absolute atomic E-state index is 0.437. The molecule has 1 atom stereocenters. The van der Waals surface area contributed by atoms with Gasteiger partial charge in [-0.1, -0.05) is 0 Å². The Hall–Kier alpha value is -0.720. The molecule has 40 valence electrons. The minimum Gasteiger partial charge on any atom is -0.462 e. The fourth-order valence-corrected chi connectivity index (χ4v) is 0.120. The van der Waals surface area contributed by atoms with Crippen LogP contribution >= 0.6 is 0 Å². The van der Waals surface area contributed by atoms with E-state index in [0.717, 1.165) is 0 Å². The van der Waals surface area contributed by atoms with Crippen molar-refractivity contribution in [3.8, 4) is 12.0 Å². The van der Waals surface area contributed by atoms with Crippen LogP contribution in [0.4, 0.5) is 0 Å². The first-order chi connectivity index (χ1) is 3.31. The molecule has 3 nitrogen and oxygen atoms in total. The van der Waals surface area contributed by atoms with Crippen molar-refractivity contribution in [2.45, 2.75) is 6.10 Å². The summed E-state index contributed by atoms with van der Waals surface area (Å²) < 4.78 is 0. The van der Waals surface area contributed by atoms with Gasteiger partial charge in [0.05, 0.1) is 6.61 Å². The summed E-state index contributed by atoms with van der Waals surface area (Å²) in [5, 5.41) is 24.0. The lowest BCUT2D eigenvalue weighted by atomic mass is 10.4. The molecule has 0 aliphatic carbocycles. The molecule has 0 aromatic carbocycles. The summed E-state index contributed by atoms with van der Waals surface area (Å²) in [5.74, 6) is 1.91. The third kappa shape index (κ3) is 3.10. The predicted molar refractivity (Wildman–Crippen MR) is 22.8 cm³/mol. The van der Waals surface area contributed by atoms with E-state index < -0.39 is 12.7 Å². The van der Waals surface area contributed by atoms with E-state index in [1.165, 1.54) is 6.11 Å². The first-order valence-electron chi connectivity index (χ1n) is 1.74. The van der Waals surface area contributed by atoms with E-state index in [1.807, 2.05) is 5.92 Å². The van der Waals surface area contributed by atoms with Gasteiger partial charge in [-0.25, -0.2) is 0 Å². The van der Waals surface area contributed by atoms with Gasteiger partial charge in [0.25, 0.3) is 0 Å². The van der Waals surface area contributed by atoms with Gasteiger partial charge in [-0.3, -0.25) is 0 Å². The molecule has 0 amide bonds. The SMILES string of the molecule is OC#CC(O)CO. The summed E-state index contributed by atoms with van der Waals surface area (Å²) in [6.07, 6.45) is 0.352. The van der Waals surface area contributed by atoms with Crippen LogP contribution in [0.15, 0.2) is 0 Å². The van der Waals surface area contributed by atoms with Gasteiger partial charge in [-0.15, -0.1) is 0 Å². The van der Waals surface area contributed by atoms with E-state index in [4.69, 9.17) is 15.3 Å². The van der Waals surface area contributed by atoms with Gasteiger partial charge < -0.3 is 15.3 Å². The maximum absolute atomic E-state index is 8.27. The highest BCUT2D eigenvalue weighted by Gasteiger charge is 1.90. The Morgan fingerprint density at radius 1 is 1.57 bits per heavy atom. The fourth-order valence-electron chi connectivity index (χ4n) is 0.120. The molecule has 0 bridgehead atoms. The Morgan fingerprint density at radius 2 is 2.14 bits per heavy atom. The summed E-state index contributed by atoms with van der Waals surface area (Å²) in [5.41, 5.74) is 0. The molecule has 0 radical (unpaired) electrons. The lowest BCUT2D eigenvalue weighted by Crippen LogP contribution is -2.07. The summed E-state index contributed by atoms with van der Waals surface area (Å²) in [6, 6.07) is 0. The molecule has 0 saturated carbocycles. The number of aliphatic hydroxyl groups is 3. The van der Waals surface area contributed by atoms with Crippen LogP contribution in [0.25, 0.3) is 0 Å². The summed E-state index contributed by atoms with van der Waals surface area (Å²) in [4.78, 5) is 0. The lowest BCUT2D eigenvalue weighted by molar-refractivity contribution is 0.137. The zero-order valence-corrected chi connectivity index (χ0v) is 3.63. The highest BCUT2D eigenvalue weighted by Crippen LogP contribution is 1.71.